The van der Waals surface area contributed by atoms with Gasteiger partial charge in [-0.15, -0.1) is 0 Å². The van der Waals surface area contributed by atoms with Crippen molar-refractivity contribution in [1.82, 2.24) is 14.5 Å². The molecule has 3 nitrogen and oxygen atoms in total. The normalized spacial score (nSPS) is 13.7. The zero-order valence-electron chi connectivity index (χ0n) is 25.7. The zero-order chi connectivity index (χ0) is 31.2. The summed E-state index contributed by atoms with van der Waals surface area (Å²) in [5.74, 6) is 0.685. The fourth-order valence-electron chi connectivity index (χ4n) is 7.80. The molecule has 220 valence electrons. The van der Waals surface area contributed by atoms with Crippen molar-refractivity contribution < 1.29 is 0 Å². The summed E-state index contributed by atoms with van der Waals surface area (Å²) < 4.78 is 2.29. The zero-order valence-corrected chi connectivity index (χ0v) is 26.5. The summed E-state index contributed by atoms with van der Waals surface area (Å²) in [5, 5.41) is 3.56. The molecule has 0 fully saturated rings. The number of fused-ring (bicyclic) bond motifs is 4. The van der Waals surface area contributed by atoms with Crippen LogP contribution in [0.25, 0.3) is 83.8 Å². The van der Waals surface area contributed by atoms with Crippen LogP contribution in [0, 0.1) is 0 Å². The molecule has 0 amide bonds. The Morgan fingerprint density at radius 3 is 2.21 bits per heavy atom. The van der Waals surface area contributed by atoms with Crippen molar-refractivity contribution in [3.8, 4) is 39.5 Å². The SMILES string of the molecule is C=Cc1cccc2c1/C(=C\C)c1cccc3c1c1c-2c(-c2ccccc2)ccc1n3-c1nc2c3c(cccc3n1)Sc1ccccc1-2. The summed E-state index contributed by atoms with van der Waals surface area (Å²) in [6.45, 7) is 6.37. The lowest BCUT2D eigenvalue weighted by atomic mass is 9.86. The topological polar surface area (TPSA) is 30.7 Å². The van der Waals surface area contributed by atoms with Crippen molar-refractivity contribution in [2.75, 3.05) is 0 Å². The van der Waals surface area contributed by atoms with Gasteiger partial charge in [-0.25, -0.2) is 9.97 Å². The van der Waals surface area contributed by atoms with Gasteiger partial charge in [-0.1, -0.05) is 121 Å². The lowest BCUT2D eigenvalue weighted by molar-refractivity contribution is 1.01. The second-order valence-electron chi connectivity index (χ2n) is 12.1. The highest BCUT2D eigenvalue weighted by atomic mass is 32.2. The predicted molar refractivity (Wildman–Crippen MR) is 197 cm³/mol. The summed E-state index contributed by atoms with van der Waals surface area (Å²) >= 11 is 1.80. The first-order chi connectivity index (χ1) is 23.2. The van der Waals surface area contributed by atoms with E-state index in [1.807, 2.05) is 6.08 Å². The summed E-state index contributed by atoms with van der Waals surface area (Å²) in [7, 11) is 0. The number of rotatable bonds is 3. The average Bonchev–Trinajstić information content (AvgIpc) is 3.40. The van der Waals surface area contributed by atoms with E-state index in [0.29, 0.717) is 5.95 Å². The van der Waals surface area contributed by atoms with Gasteiger partial charge in [0.25, 0.3) is 0 Å². The highest BCUT2D eigenvalue weighted by molar-refractivity contribution is 7.99. The molecular weight excluding hydrogens is 591 g/mol. The van der Waals surface area contributed by atoms with Gasteiger partial charge in [0.05, 0.1) is 22.2 Å². The monoisotopic (exact) mass is 617 g/mol. The number of benzene rings is 6. The van der Waals surface area contributed by atoms with E-state index in [9.17, 15) is 0 Å². The maximum atomic E-state index is 5.42. The number of hydrogen-bond donors (Lipinski definition) is 0. The lowest BCUT2D eigenvalue weighted by Gasteiger charge is -2.21. The molecule has 0 radical (unpaired) electrons. The highest BCUT2D eigenvalue weighted by Crippen LogP contribution is 2.52. The predicted octanol–water partition coefficient (Wildman–Crippen LogP) is 11.6. The van der Waals surface area contributed by atoms with E-state index in [-0.39, 0.29) is 0 Å². The Morgan fingerprint density at radius 1 is 0.596 bits per heavy atom. The molecule has 4 heteroatoms. The maximum Gasteiger partial charge on any atom is 0.235 e. The van der Waals surface area contributed by atoms with Crippen molar-refractivity contribution in [3.05, 3.63) is 151 Å². The summed E-state index contributed by atoms with van der Waals surface area (Å²) in [5.41, 5.74) is 14.9. The van der Waals surface area contributed by atoms with Crippen molar-refractivity contribution in [1.29, 1.82) is 0 Å². The van der Waals surface area contributed by atoms with Crippen LogP contribution >= 0.6 is 11.8 Å². The molecule has 6 aromatic carbocycles. The molecule has 0 saturated carbocycles. The molecule has 47 heavy (non-hydrogen) atoms. The van der Waals surface area contributed by atoms with Gasteiger partial charge in [0, 0.05) is 37.1 Å². The van der Waals surface area contributed by atoms with Gasteiger partial charge in [-0.3, -0.25) is 4.57 Å². The van der Waals surface area contributed by atoms with Crippen LogP contribution in [0.3, 0.4) is 0 Å². The van der Waals surface area contributed by atoms with Crippen LogP contribution in [-0.2, 0) is 0 Å². The van der Waals surface area contributed by atoms with Gasteiger partial charge in [0.15, 0.2) is 0 Å². The minimum atomic E-state index is 0.685. The van der Waals surface area contributed by atoms with Gasteiger partial charge in [0.1, 0.15) is 0 Å². The van der Waals surface area contributed by atoms with E-state index in [0.717, 1.165) is 38.8 Å². The van der Waals surface area contributed by atoms with Crippen LogP contribution in [-0.4, -0.2) is 14.5 Å². The molecule has 3 heterocycles. The number of aromatic nitrogens is 3. The Bertz CT molecular complexity index is 2680. The molecule has 0 saturated heterocycles. The van der Waals surface area contributed by atoms with E-state index >= 15 is 0 Å². The third-order valence-corrected chi connectivity index (χ3v) is 10.8. The van der Waals surface area contributed by atoms with Crippen LogP contribution < -0.4 is 0 Å². The lowest BCUT2D eigenvalue weighted by Crippen LogP contribution is -2.06. The quantitative estimate of drug-likeness (QED) is 0.198. The molecule has 8 aromatic rings. The Labute approximate surface area is 276 Å². The average molecular weight is 618 g/mol. The summed E-state index contributed by atoms with van der Waals surface area (Å²) in [4.78, 5) is 13.1. The number of allylic oxidation sites excluding steroid dienone is 1. The first kappa shape index (κ1) is 26.5. The third kappa shape index (κ3) is 3.59. The first-order valence-electron chi connectivity index (χ1n) is 15.9. The second kappa shape index (κ2) is 9.89. The van der Waals surface area contributed by atoms with Gasteiger partial charge >= 0.3 is 0 Å². The van der Waals surface area contributed by atoms with Crippen LogP contribution in [0.1, 0.15) is 23.6 Å². The van der Waals surface area contributed by atoms with Crippen LogP contribution in [0.4, 0.5) is 0 Å². The van der Waals surface area contributed by atoms with Gasteiger partial charge in [0.2, 0.25) is 5.95 Å². The minimum Gasteiger partial charge on any atom is -0.278 e. The molecule has 0 atom stereocenters. The Hall–Kier alpha value is -5.71. The highest BCUT2D eigenvalue weighted by Gasteiger charge is 2.30. The molecule has 0 bridgehead atoms. The van der Waals surface area contributed by atoms with Crippen molar-refractivity contribution in [2.45, 2.75) is 16.7 Å². The summed E-state index contributed by atoms with van der Waals surface area (Å²) in [6.07, 6.45) is 4.24. The van der Waals surface area contributed by atoms with Crippen molar-refractivity contribution in [2.24, 2.45) is 0 Å². The van der Waals surface area contributed by atoms with Crippen LogP contribution in [0.15, 0.2) is 144 Å². The molecule has 2 aromatic heterocycles. The van der Waals surface area contributed by atoms with E-state index in [4.69, 9.17) is 9.97 Å². The molecule has 0 spiro atoms. The van der Waals surface area contributed by atoms with E-state index in [1.54, 1.807) is 11.8 Å². The largest absolute Gasteiger partial charge is 0.278 e. The van der Waals surface area contributed by atoms with E-state index in [2.05, 4.69) is 145 Å². The molecule has 1 aliphatic carbocycles. The summed E-state index contributed by atoms with van der Waals surface area (Å²) in [6, 6.07) is 43.5. The smallest absolute Gasteiger partial charge is 0.235 e. The van der Waals surface area contributed by atoms with Crippen molar-refractivity contribution >= 4 is 56.1 Å². The fourth-order valence-corrected chi connectivity index (χ4v) is 8.91. The standard InChI is InChI=1S/C43H27N3S/c1-3-25-15-10-18-31-37(25)27(4-2)29-17-11-20-33-39(29)41-34(24-23-28(38(31)41)26-13-6-5-7-14-26)46(33)43-44-32-19-12-22-36-40(32)42(45-43)30-16-8-9-21-35(30)47-36/h3-24H,1H2,2H3/b27-4-. The van der Waals surface area contributed by atoms with Crippen LogP contribution in [0.5, 0.6) is 0 Å². The minimum absolute atomic E-state index is 0.685. The van der Waals surface area contributed by atoms with Gasteiger partial charge in [-0.05, 0) is 76.2 Å². The second-order valence-corrected chi connectivity index (χ2v) is 13.2. The van der Waals surface area contributed by atoms with Crippen molar-refractivity contribution in [3.63, 3.8) is 0 Å². The number of nitrogens with zero attached hydrogens (tertiary/aromatic N) is 3. The molecule has 10 rings (SSSR count). The Kier molecular flexibility index (Phi) is 5.58. The van der Waals surface area contributed by atoms with E-state index in [1.165, 1.54) is 59.5 Å². The molecular formula is C43H27N3S. The van der Waals surface area contributed by atoms with Crippen LogP contribution in [0.2, 0.25) is 0 Å². The van der Waals surface area contributed by atoms with Gasteiger partial charge in [-0.2, -0.15) is 0 Å². The Morgan fingerprint density at radius 2 is 1.34 bits per heavy atom. The molecule has 0 unspecified atom stereocenters. The first-order valence-corrected chi connectivity index (χ1v) is 16.7. The third-order valence-electron chi connectivity index (χ3n) is 9.71. The molecule has 2 aliphatic rings. The van der Waals surface area contributed by atoms with Gasteiger partial charge < -0.3 is 0 Å². The Balaban J connectivity index is 1.40. The maximum absolute atomic E-state index is 5.42. The molecule has 1 aliphatic heterocycles. The van der Waals surface area contributed by atoms with E-state index < -0.39 is 0 Å². The number of hydrogen-bond acceptors (Lipinski definition) is 3. The fraction of sp³-hybridized carbons (Fsp3) is 0.0233. The molecule has 0 N–H and O–H groups in total.